The largest absolute Gasteiger partial charge is 0.453 e. The fraction of sp³-hybridized carbons (Fsp3) is 0.474. The van der Waals surface area contributed by atoms with Crippen LogP contribution in [-0.4, -0.2) is 25.3 Å². The molecule has 0 fully saturated rings. The maximum atomic E-state index is 12.3. The molecule has 0 spiro atoms. The smallest absolute Gasteiger partial charge is 0.411 e. The molecule has 3 rings (SSSR count). The number of methoxy groups -OCH3 is 1. The van der Waals surface area contributed by atoms with Crippen molar-refractivity contribution in [2.75, 3.05) is 17.7 Å². The molecular weight excluding hydrogens is 332 g/mol. The molecule has 7 heteroatoms. The predicted molar refractivity (Wildman–Crippen MR) is 101 cm³/mol. The second-order valence-corrected chi connectivity index (χ2v) is 6.91. The van der Waals surface area contributed by atoms with E-state index in [1.165, 1.54) is 7.11 Å². The van der Waals surface area contributed by atoms with E-state index in [2.05, 4.69) is 32.9 Å². The molecule has 2 amide bonds. The third-order valence-corrected chi connectivity index (χ3v) is 4.92. The lowest BCUT2D eigenvalue weighted by molar-refractivity contribution is -0.116. The molecule has 0 radical (unpaired) electrons. The van der Waals surface area contributed by atoms with Gasteiger partial charge in [-0.15, -0.1) is 0 Å². The first kappa shape index (κ1) is 18.1. The summed E-state index contributed by atoms with van der Waals surface area (Å²) in [5, 5.41) is 12.7. The number of allylic oxidation sites excluding steroid dienone is 1. The highest BCUT2D eigenvalue weighted by Gasteiger charge is 2.27. The number of carbonyl (C=O) groups is 2. The van der Waals surface area contributed by atoms with E-state index in [0.717, 1.165) is 36.2 Å². The molecule has 0 aliphatic carbocycles. The number of benzene rings is 1. The van der Waals surface area contributed by atoms with E-state index in [4.69, 9.17) is 0 Å². The standard InChI is InChI=1S/C19H26N4O3/c1-11-6-4-5-7-16(24)22-15-10-13(21-19(25)26-3)8-9-14(15)17-12(2)20-18(11)23-17/h8-11,18,20,23H,4-7H2,1-3H3,(H,21,25)(H,22,24). The number of nitrogens with one attached hydrogen (secondary N) is 4. The van der Waals surface area contributed by atoms with Gasteiger partial charge in [-0.05, 0) is 43.9 Å². The summed E-state index contributed by atoms with van der Waals surface area (Å²) < 4.78 is 4.64. The number of fused-ring (bicyclic) bond motifs is 4. The van der Waals surface area contributed by atoms with Gasteiger partial charge in [0.15, 0.2) is 0 Å². The van der Waals surface area contributed by atoms with Crippen LogP contribution in [0.15, 0.2) is 23.9 Å². The van der Waals surface area contributed by atoms with Crippen molar-refractivity contribution in [2.45, 2.75) is 45.7 Å². The Labute approximate surface area is 153 Å². The molecule has 2 bridgehead atoms. The van der Waals surface area contributed by atoms with Crippen LogP contribution in [0.3, 0.4) is 0 Å². The summed E-state index contributed by atoms with van der Waals surface area (Å²) in [7, 11) is 1.31. The normalized spacial score (nSPS) is 22.8. The lowest BCUT2D eigenvalue weighted by Crippen LogP contribution is -2.39. The number of hydrogen-bond donors (Lipinski definition) is 4. The van der Waals surface area contributed by atoms with Gasteiger partial charge < -0.3 is 20.7 Å². The Morgan fingerprint density at radius 3 is 2.85 bits per heavy atom. The Kier molecular flexibility index (Phi) is 5.35. The molecule has 2 atom stereocenters. The van der Waals surface area contributed by atoms with Crippen molar-refractivity contribution in [1.29, 1.82) is 0 Å². The SMILES string of the molecule is COC(=O)Nc1ccc2c(c1)NC(=O)CCCCC(C)C1NC(C)=C2N1. The third-order valence-electron chi connectivity index (χ3n) is 4.92. The lowest BCUT2D eigenvalue weighted by Gasteiger charge is -2.23. The van der Waals surface area contributed by atoms with Gasteiger partial charge in [0.1, 0.15) is 0 Å². The number of hydrogen-bond acceptors (Lipinski definition) is 5. The summed E-state index contributed by atoms with van der Waals surface area (Å²) in [5.74, 6) is 0.434. The van der Waals surface area contributed by atoms with Crippen LogP contribution in [0.1, 0.15) is 45.1 Å². The van der Waals surface area contributed by atoms with Crippen molar-refractivity contribution in [2.24, 2.45) is 5.92 Å². The first-order chi connectivity index (χ1) is 12.5. The molecule has 1 aromatic carbocycles. The van der Waals surface area contributed by atoms with Crippen LogP contribution in [0.5, 0.6) is 0 Å². The van der Waals surface area contributed by atoms with E-state index >= 15 is 0 Å². The van der Waals surface area contributed by atoms with Crippen molar-refractivity contribution in [3.8, 4) is 0 Å². The molecule has 2 aliphatic heterocycles. The highest BCUT2D eigenvalue weighted by atomic mass is 16.5. The topological polar surface area (TPSA) is 91.5 Å². The van der Waals surface area contributed by atoms with Gasteiger partial charge in [-0.25, -0.2) is 4.79 Å². The van der Waals surface area contributed by atoms with E-state index in [1.54, 1.807) is 12.1 Å². The van der Waals surface area contributed by atoms with Gasteiger partial charge >= 0.3 is 6.09 Å². The summed E-state index contributed by atoms with van der Waals surface area (Å²) >= 11 is 0. The van der Waals surface area contributed by atoms with Crippen LogP contribution in [0.25, 0.3) is 5.70 Å². The zero-order valence-electron chi connectivity index (χ0n) is 15.4. The number of carbonyl (C=O) groups excluding carboxylic acids is 2. The van der Waals surface area contributed by atoms with Crippen LogP contribution in [0, 0.1) is 5.92 Å². The van der Waals surface area contributed by atoms with Crippen molar-refractivity contribution < 1.29 is 14.3 Å². The minimum absolute atomic E-state index is 0.0181. The molecule has 2 heterocycles. The van der Waals surface area contributed by atoms with Gasteiger partial charge in [-0.1, -0.05) is 13.3 Å². The van der Waals surface area contributed by atoms with Gasteiger partial charge in [0.25, 0.3) is 0 Å². The Balaban J connectivity index is 1.97. The zero-order chi connectivity index (χ0) is 18.7. The van der Waals surface area contributed by atoms with Gasteiger partial charge in [0.05, 0.1) is 24.7 Å². The number of amides is 2. The maximum absolute atomic E-state index is 12.3. The Hall–Kier alpha value is -2.70. The summed E-state index contributed by atoms with van der Waals surface area (Å²) in [6.07, 6.45) is 3.06. The molecule has 140 valence electrons. The van der Waals surface area contributed by atoms with E-state index in [0.29, 0.717) is 23.7 Å². The van der Waals surface area contributed by atoms with Gasteiger partial charge in [0, 0.05) is 23.4 Å². The molecule has 4 N–H and O–H groups in total. The predicted octanol–water partition coefficient (Wildman–Crippen LogP) is 3.22. The zero-order valence-corrected chi connectivity index (χ0v) is 15.4. The molecule has 1 aromatic rings. The Morgan fingerprint density at radius 1 is 1.27 bits per heavy atom. The summed E-state index contributed by atoms with van der Waals surface area (Å²) in [6, 6.07) is 5.45. The number of anilines is 2. The quantitative estimate of drug-likeness (QED) is 0.619. The number of ether oxygens (including phenoxy) is 1. The first-order valence-corrected chi connectivity index (χ1v) is 9.01. The maximum Gasteiger partial charge on any atom is 0.411 e. The second kappa shape index (κ2) is 7.68. The average Bonchev–Trinajstić information content (AvgIpc) is 2.99. The van der Waals surface area contributed by atoms with Crippen LogP contribution in [0.2, 0.25) is 0 Å². The van der Waals surface area contributed by atoms with Crippen LogP contribution in [-0.2, 0) is 9.53 Å². The Morgan fingerprint density at radius 2 is 2.08 bits per heavy atom. The molecule has 26 heavy (non-hydrogen) atoms. The summed E-state index contributed by atoms with van der Waals surface area (Å²) in [4.78, 5) is 23.8. The molecule has 2 aliphatic rings. The molecule has 7 nitrogen and oxygen atoms in total. The van der Waals surface area contributed by atoms with E-state index in [9.17, 15) is 9.59 Å². The van der Waals surface area contributed by atoms with Crippen molar-refractivity contribution in [3.05, 3.63) is 29.5 Å². The van der Waals surface area contributed by atoms with Crippen LogP contribution in [0.4, 0.5) is 16.2 Å². The average molecular weight is 358 g/mol. The van der Waals surface area contributed by atoms with Crippen LogP contribution < -0.4 is 21.3 Å². The fourth-order valence-electron chi connectivity index (χ4n) is 3.41. The first-order valence-electron chi connectivity index (χ1n) is 9.01. The monoisotopic (exact) mass is 358 g/mol. The van der Waals surface area contributed by atoms with Gasteiger partial charge in [0.2, 0.25) is 5.91 Å². The molecular formula is C19H26N4O3. The molecule has 0 saturated carbocycles. The van der Waals surface area contributed by atoms with Crippen LogP contribution >= 0.6 is 0 Å². The van der Waals surface area contributed by atoms with Crippen molar-refractivity contribution in [1.82, 2.24) is 10.6 Å². The second-order valence-electron chi connectivity index (χ2n) is 6.91. The summed E-state index contributed by atoms with van der Waals surface area (Å²) in [6.45, 7) is 4.25. The Bertz CT molecular complexity index is 744. The third kappa shape index (κ3) is 3.92. The van der Waals surface area contributed by atoms with Gasteiger partial charge in [-0.3, -0.25) is 10.1 Å². The van der Waals surface area contributed by atoms with Crippen molar-refractivity contribution in [3.63, 3.8) is 0 Å². The molecule has 0 aromatic heterocycles. The van der Waals surface area contributed by atoms with E-state index in [1.807, 2.05) is 13.0 Å². The van der Waals surface area contributed by atoms with Gasteiger partial charge in [-0.2, -0.15) is 0 Å². The highest BCUT2D eigenvalue weighted by Crippen LogP contribution is 2.32. The van der Waals surface area contributed by atoms with Crippen molar-refractivity contribution >= 4 is 29.1 Å². The molecule has 2 unspecified atom stereocenters. The molecule has 0 saturated heterocycles. The summed E-state index contributed by atoms with van der Waals surface area (Å²) in [5.41, 5.74) is 4.15. The fourth-order valence-corrected chi connectivity index (χ4v) is 3.41. The highest BCUT2D eigenvalue weighted by molar-refractivity contribution is 5.96. The minimum atomic E-state index is -0.547. The number of rotatable bonds is 1. The van der Waals surface area contributed by atoms with E-state index < -0.39 is 6.09 Å². The van der Waals surface area contributed by atoms with E-state index in [-0.39, 0.29) is 12.1 Å². The minimum Gasteiger partial charge on any atom is -0.453 e. The lowest BCUT2D eigenvalue weighted by atomic mass is 9.99.